The highest BCUT2D eigenvalue weighted by Gasteiger charge is 2.20. The van der Waals surface area contributed by atoms with Gasteiger partial charge >= 0.3 is 0 Å². The number of hydrogen-bond donors (Lipinski definition) is 1. The normalized spacial score (nSPS) is 13.8. The Morgan fingerprint density at radius 2 is 1.94 bits per heavy atom. The number of nitrogens with zero attached hydrogens (tertiary/aromatic N) is 1. The molecule has 1 rings (SSSR count). The lowest BCUT2D eigenvalue weighted by molar-refractivity contribution is 0.179. The molecule has 0 aliphatic rings. The quantitative estimate of drug-likeness (QED) is 0.805. The van der Waals surface area contributed by atoms with E-state index in [2.05, 4.69) is 4.72 Å². The molecule has 1 aromatic carbocycles. The summed E-state index contributed by atoms with van der Waals surface area (Å²) < 4.78 is 32.7. The summed E-state index contributed by atoms with van der Waals surface area (Å²) in [6, 6.07) is 9.21. The van der Waals surface area contributed by atoms with Gasteiger partial charge in [0.25, 0.3) is 10.2 Å². The maximum atomic E-state index is 12.0. The van der Waals surface area contributed by atoms with E-state index < -0.39 is 10.2 Å². The molecule has 0 unspecified atom stereocenters. The van der Waals surface area contributed by atoms with Gasteiger partial charge in [0.2, 0.25) is 0 Å². The molecule has 0 radical (unpaired) electrons. The molecule has 0 fully saturated rings. The third-order valence-electron chi connectivity index (χ3n) is 2.43. The van der Waals surface area contributed by atoms with E-state index in [4.69, 9.17) is 4.74 Å². The highest BCUT2D eigenvalue weighted by Crippen LogP contribution is 2.06. The molecule has 1 N–H and O–H groups in total. The molecular formula is C12H20N2O3S. The summed E-state index contributed by atoms with van der Waals surface area (Å²) in [5.74, 6) is 0. The molecule has 0 aliphatic carbocycles. The van der Waals surface area contributed by atoms with Crippen molar-refractivity contribution in [3.63, 3.8) is 0 Å². The third-order valence-corrected chi connectivity index (χ3v) is 4.08. The van der Waals surface area contributed by atoms with Gasteiger partial charge in [-0.25, -0.2) is 0 Å². The molecule has 0 saturated heterocycles. The summed E-state index contributed by atoms with van der Waals surface area (Å²) in [5.41, 5.74) is 0.949. The molecule has 0 saturated carbocycles. The van der Waals surface area contributed by atoms with Crippen molar-refractivity contribution in [1.29, 1.82) is 0 Å². The average Bonchev–Trinajstić information content (AvgIpc) is 2.29. The van der Waals surface area contributed by atoms with Gasteiger partial charge in [0.1, 0.15) is 0 Å². The van der Waals surface area contributed by atoms with Crippen molar-refractivity contribution in [2.75, 3.05) is 20.8 Å². The van der Waals surface area contributed by atoms with Crippen LogP contribution in [0.2, 0.25) is 0 Å². The fraction of sp³-hybridized carbons (Fsp3) is 0.500. The lowest BCUT2D eigenvalue weighted by Gasteiger charge is -2.20. The fourth-order valence-electron chi connectivity index (χ4n) is 1.55. The van der Waals surface area contributed by atoms with Crippen LogP contribution in [0.5, 0.6) is 0 Å². The lowest BCUT2D eigenvalue weighted by atomic mass is 10.2. The van der Waals surface area contributed by atoms with Gasteiger partial charge in [-0.2, -0.15) is 17.4 Å². The summed E-state index contributed by atoms with van der Waals surface area (Å²) in [5, 5.41) is 0. The van der Waals surface area contributed by atoms with Crippen molar-refractivity contribution in [3.05, 3.63) is 35.9 Å². The zero-order valence-electron chi connectivity index (χ0n) is 11.0. The molecule has 102 valence electrons. The zero-order chi connectivity index (χ0) is 13.6. The van der Waals surface area contributed by atoms with Crippen LogP contribution in [0.25, 0.3) is 0 Å². The molecular weight excluding hydrogens is 252 g/mol. The van der Waals surface area contributed by atoms with E-state index in [1.54, 1.807) is 21.1 Å². The SMILES string of the molecule is COC[C@H](C)NS(=O)(=O)N(C)Cc1ccccc1. The Morgan fingerprint density at radius 1 is 1.33 bits per heavy atom. The van der Waals surface area contributed by atoms with Gasteiger partial charge in [0.15, 0.2) is 0 Å². The fourth-order valence-corrected chi connectivity index (χ4v) is 2.63. The van der Waals surface area contributed by atoms with Crippen molar-refractivity contribution in [2.45, 2.75) is 19.5 Å². The van der Waals surface area contributed by atoms with Crippen LogP contribution in [0, 0.1) is 0 Å². The topological polar surface area (TPSA) is 58.6 Å². The van der Waals surface area contributed by atoms with Gasteiger partial charge in [-0.3, -0.25) is 0 Å². The van der Waals surface area contributed by atoms with E-state index in [1.807, 2.05) is 30.3 Å². The molecule has 1 atom stereocenters. The Morgan fingerprint density at radius 3 is 2.50 bits per heavy atom. The number of hydrogen-bond acceptors (Lipinski definition) is 3. The third kappa shape index (κ3) is 4.73. The van der Waals surface area contributed by atoms with Crippen molar-refractivity contribution in [3.8, 4) is 0 Å². The van der Waals surface area contributed by atoms with Crippen molar-refractivity contribution in [1.82, 2.24) is 9.03 Å². The first kappa shape index (κ1) is 15.1. The highest BCUT2D eigenvalue weighted by molar-refractivity contribution is 7.87. The van der Waals surface area contributed by atoms with Gasteiger partial charge in [-0.1, -0.05) is 30.3 Å². The zero-order valence-corrected chi connectivity index (χ0v) is 11.8. The summed E-state index contributed by atoms with van der Waals surface area (Å²) in [6.07, 6.45) is 0. The minimum atomic E-state index is -3.48. The van der Waals surface area contributed by atoms with E-state index in [0.717, 1.165) is 5.56 Å². The van der Waals surface area contributed by atoms with E-state index in [9.17, 15) is 8.42 Å². The Kier molecular flexibility index (Phi) is 5.74. The summed E-state index contributed by atoms with van der Waals surface area (Å²) in [7, 11) is -0.386. The number of benzene rings is 1. The molecule has 0 aliphatic heterocycles. The van der Waals surface area contributed by atoms with Gasteiger partial charge in [0, 0.05) is 26.7 Å². The molecule has 6 heteroatoms. The largest absolute Gasteiger partial charge is 0.383 e. The van der Waals surface area contributed by atoms with Gasteiger partial charge in [0.05, 0.1) is 6.61 Å². The highest BCUT2D eigenvalue weighted by atomic mass is 32.2. The van der Waals surface area contributed by atoms with E-state index in [0.29, 0.717) is 13.2 Å². The van der Waals surface area contributed by atoms with E-state index >= 15 is 0 Å². The minimum absolute atomic E-state index is 0.252. The van der Waals surface area contributed by atoms with Crippen LogP contribution in [-0.2, 0) is 21.5 Å². The minimum Gasteiger partial charge on any atom is -0.383 e. The molecule has 0 spiro atoms. The maximum absolute atomic E-state index is 12.0. The second kappa shape index (κ2) is 6.84. The van der Waals surface area contributed by atoms with Crippen molar-refractivity contribution < 1.29 is 13.2 Å². The molecule has 18 heavy (non-hydrogen) atoms. The number of methoxy groups -OCH3 is 1. The van der Waals surface area contributed by atoms with Gasteiger partial charge in [-0.15, -0.1) is 0 Å². The monoisotopic (exact) mass is 272 g/mol. The van der Waals surface area contributed by atoms with Crippen LogP contribution >= 0.6 is 0 Å². The second-order valence-corrected chi connectivity index (χ2v) is 6.03. The first-order valence-electron chi connectivity index (χ1n) is 5.72. The maximum Gasteiger partial charge on any atom is 0.279 e. The Bertz CT molecular complexity index is 448. The summed E-state index contributed by atoms with van der Waals surface area (Å²) >= 11 is 0. The number of nitrogens with one attached hydrogen (secondary N) is 1. The Balaban J connectivity index is 2.62. The summed E-state index contributed by atoms with van der Waals surface area (Å²) in [4.78, 5) is 0. The van der Waals surface area contributed by atoms with Crippen molar-refractivity contribution >= 4 is 10.2 Å². The molecule has 1 aromatic rings. The lowest BCUT2D eigenvalue weighted by Crippen LogP contribution is -2.43. The van der Waals surface area contributed by atoms with Crippen LogP contribution in [0.1, 0.15) is 12.5 Å². The smallest absolute Gasteiger partial charge is 0.279 e. The Hall–Kier alpha value is -0.950. The average molecular weight is 272 g/mol. The van der Waals surface area contributed by atoms with Crippen LogP contribution in [-0.4, -0.2) is 39.5 Å². The van der Waals surface area contributed by atoms with Crippen LogP contribution < -0.4 is 4.72 Å². The molecule has 0 aromatic heterocycles. The predicted octanol–water partition coefficient (Wildman–Crippen LogP) is 0.988. The second-order valence-electron chi connectivity index (χ2n) is 4.22. The molecule has 0 bridgehead atoms. The van der Waals surface area contributed by atoms with Crippen LogP contribution in [0.4, 0.5) is 0 Å². The summed E-state index contributed by atoms with van der Waals surface area (Å²) in [6.45, 7) is 2.45. The first-order chi connectivity index (χ1) is 8.45. The van der Waals surface area contributed by atoms with Crippen molar-refractivity contribution in [2.24, 2.45) is 0 Å². The molecule has 0 heterocycles. The van der Waals surface area contributed by atoms with Crippen LogP contribution in [0.3, 0.4) is 0 Å². The number of ether oxygens (including phenoxy) is 1. The van der Waals surface area contributed by atoms with Gasteiger partial charge in [-0.05, 0) is 12.5 Å². The van der Waals surface area contributed by atoms with Crippen LogP contribution in [0.15, 0.2) is 30.3 Å². The molecule has 5 nitrogen and oxygen atoms in total. The van der Waals surface area contributed by atoms with E-state index in [-0.39, 0.29) is 6.04 Å². The Labute approximate surface area is 109 Å². The van der Waals surface area contributed by atoms with E-state index in [1.165, 1.54) is 4.31 Å². The first-order valence-corrected chi connectivity index (χ1v) is 7.16. The predicted molar refractivity (Wildman–Crippen MR) is 71.3 cm³/mol. The standard InChI is InChI=1S/C12H20N2O3S/c1-11(10-17-3)13-18(15,16)14(2)9-12-7-5-4-6-8-12/h4-8,11,13H,9-10H2,1-3H3/t11-/m0/s1. The molecule has 0 amide bonds. The van der Waals surface area contributed by atoms with Gasteiger partial charge < -0.3 is 4.74 Å². The number of rotatable bonds is 7.